The van der Waals surface area contributed by atoms with Gasteiger partial charge in [0.1, 0.15) is 0 Å². The van der Waals surface area contributed by atoms with Gasteiger partial charge < -0.3 is 0 Å². The van der Waals surface area contributed by atoms with E-state index in [1.807, 2.05) is 32.9 Å². The lowest BCUT2D eigenvalue weighted by molar-refractivity contribution is 0.0705. The van der Waals surface area contributed by atoms with Gasteiger partial charge in [-0.3, -0.25) is 10.0 Å². The molecule has 0 aromatic heterocycles. The number of hydroxylamine groups is 1. The smallest absolute Gasteiger partial charge is 0.275 e. The zero-order chi connectivity index (χ0) is 10.0. The summed E-state index contributed by atoms with van der Waals surface area (Å²) >= 11 is 0. The van der Waals surface area contributed by atoms with Gasteiger partial charge in [0.2, 0.25) is 0 Å². The van der Waals surface area contributed by atoms with Gasteiger partial charge >= 0.3 is 0 Å². The van der Waals surface area contributed by atoms with Crippen LogP contribution in [0.4, 0.5) is 0 Å². The Balaban J connectivity index is 3.28. The number of benzene rings is 1. The number of aryl methyl sites for hydroxylation is 3. The van der Waals surface area contributed by atoms with Crippen LogP contribution in [0.3, 0.4) is 0 Å². The first-order valence-electron chi connectivity index (χ1n) is 4.08. The van der Waals surface area contributed by atoms with E-state index in [1.165, 1.54) is 0 Å². The van der Waals surface area contributed by atoms with Gasteiger partial charge in [-0.25, -0.2) is 5.48 Å². The Bertz CT molecular complexity index is 322. The number of nitrogens with one attached hydrogen (secondary N) is 1. The highest BCUT2D eigenvalue weighted by Gasteiger charge is 2.10. The molecule has 0 saturated heterocycles. The summed E-state index contributed by atoms with van der Waals surface area (Å²) in [5.74, 6) is -0.449. The first kappa shape index (κ1) is 9.74. The topological polar surface area (TPSA) is 49.3 Å². The summed E-state index contributed by atoms with van der Waals surface area (Å²) in [6.07, 6.45) is 0. The van der Waals surface area contributed by atoms with E-state index in [-0.39, 0.29) is 0 Å². The van der Waals surface area contributed by atoms with E-state index in [4.69, 9.17) is 5.21 Å². The fraction of sp³-hybridized carbons (Fsp3) is 0.300. The van der Waals surface area contributed by atoms with Crippen molar-refractivity contribution in [2.75, 3.05) is 0 Å². The summed E-state index contributed by atoms with van der Waals surface area (Å²) in [5.41, 5.74) is 5.07. The maximum absolute atomic E-state index is 11.2. The lowest BCUT2D eigenvalue weighted by Crippen LogP contribution is -2.21. The highest BCUT2D eigenvalue weighted by atomic mass is 16.5. The minimum Gasteiger partial charge on any atom is -0.288 e. The lowest BCUT2D eigenvalue weighted by atomic mass is 9.99. The molecule has 3 heteroatoms. The van der Waals surface area contributed by atoms with Crippen LogP contribution in [0.1, 0.15) is 27.0 Å². The SMILES string of the molecule is Cc1cc(C)c(C(=O)NO)c(C)c1. The molecule has 0 bridgehead atoms. The van der Waals surface area contributed by atoms with Gasteiger partial charge in [0.05, 0.1) is 0 Å². The molecule has 0 spiro atoms. The number of amides is 1. The third-order valence-corrected chi connectivity index (χ3v) is 2.01. The van der Waals surface area contributed by atoms with Crippen LogP contribution < -0.4 is 5.48 Å². The van der Waals surface area contributed by atoms with Crippen LogP contribution in [0.25, 0.3) is 0 Å². The maximum Gasteiger partial charge on any atom is 0.275 e. The molecule has 1 amide bonds. The molecule has 1 rings (SSSR count). The number of carbonyl (C=O) groups excluding carboxylic acids is 1. The van der Waals surface area contributed by atoms with Crippen molar-refractivity contribution >= 4 is 5.91 Å². The Morgan fingerprint density at radius 1 is 1.23 bits per heavy atom. The molecule has 0 atom stereocenters. The fourth-order valence-electron chi connectivity index (χ4n) is 1.59. The van der Waals surface area contributed by atoms with Crippen molar-refractivity contribution in [3.63, 3.8) is 0 Å². The Morgan fingerprint density at radius 3 is 2.08 bits per heavy atom. The van der Waals surface area contributed by atoms with E-state index in [9.17, 15) is 4.79 Å². The normalized spacial score (nSPS) is 9.85. The number of carbonyl (C=O) groups is 1. The Hall–Kier alpha value is -1.35. The third-order valence-electron chi connectivity index (χ3n) is 2.01. The summed E-state index contributed by atoms with van der Waals surface area (Å²) in [4.78, 5) is 11.2. The summed E-state index contributed by atoms with van der Waals surface area (Å²) in [6, 6.07) is 3.83. The molecular weight excluding hydrogens is 166 g/mol. The van der Waals surface area contributed by atoms with Crippen LogP contribution in [0.2, 0.25) is 0 Å². The number of hydrogen-bond donors (Lipinski definition) is 2. The molecule has 3 nitrogen and oxygen atoms in total. The quantitative estimate of drug-likeness (QED) is 0.509. The summed E-state index contributed by atoms with van der Waals surface area (Å²) in [5, 5.41) is 8.51. The zero-order valence-electron chi connectivity index (χ0n) is 8.01. The standard InChI is InChI=1S/C10H13NO2/c1-6-4-7(2)9(8(3)5-6)10(12)11-13/h4-5,13H,1-3H3,(H,11,12). The molecule has 0 radical (unpaired) electrons. The minimum absolute atomic E-state index is 0.449. The molecule has 2 N–H and O–H groups in total. The van der Waals surface area contributed by atoms with Crippen molar-refractivity contribution in [3.05, 3.63) is 34.4 Å². The Morgan fingerprint density at radius 2 is 1.69 bits per heavy atom. The molecule has 0 aliphatic carbocycles. The van der Waals surface area contributed by atoms with Crippen LogP contribution in [-0.2, 0) is 0 Å². The average molecular weight is 179 g/mol. The lowest BCUT2D eigenvalue weighted by Gasteiger charge is -2.08. The molecule has 0 fully saturated rings. The second-order valence-corrected chi connectivity index (χ2v) is 3.21. The van der Waals surface area contributed by atoms with Gasteiger partial charge in [-0.2, -0.15) is 0 Å². The van der Waals surface area contributed by atoms with Crippen molar-refractivity contribution in [1.82, 2.24) is 5.48 Å². The minimum atomic E-state index is -0.449. The second kappa shape index (κ2) is 3.58. The van der Waals surface area contributed by atoms with E-state index in [0.29, 0.717) is 5.56 Å². The summed E-state index contributed by atoms with van der Waals surface area (Å²) in [6.45, 7) is 5.68. The van der Waals surface area contributed by atoms with E-state index < -0.39 is 5.91 Å². The van der Waals surface area contributed by atoms with Crippen molar-refractivity contribution in [2.45, 2.75) is 20.8 Å². The largest absolute Gasteiger partial charge is 0.288 e. The van der Waals surface area contributed by atoms with Crippen LogP contribution in [0.15, 0.2) is 12.1 Å². The fourth-order valence-corrected chi connectivity index (χ4v) is 1.59. The predicted octanol–water partition coefficient (Wildman–Crippen LogP) is 1.73. The second-order valence-electron chi connectivity index (χ2n) is 3.21. The summed E-state index contributed by atoms with van der Waals surface area (Å²) in [7, 11) is 0. The number of rotatable bonds is 1. The van der Waals surface area contributed by atoms with Crippen LogP contribution >= 0.6 is 0 Å². The number of hydrogen-bond acceptors (Lipinski definition) is 2. The van der Waals surface area contributed by atoms with Crippen molar-refractivity contribution < 1.29 is 10.0 Å². The molecule has 0 heterocycles. The van der Waals surface area contributed by atoms with Crippen molar-refractivity contribution in [2.24, 2.45) is 0 Å². The molecule has 70 valence electrons. The molecule has 0 aliphatic heterocycles. The van der Waals surface area contributed by atoms with E-state index in [0.717, 1.165) is 16.7 Å². The van der Waals surface area contributed by atoms with Gasteiger partial charge in [-0.05, 0) is 31.9 Å². The zero-order valence-corrected chi connectivity index (χ0v) is 8.01. The molecule has 1 aromatic rings. The monoisotopic (exact) mass is 179 g/mol. The molecule has 0 saturated carbocycles. The molecular formula is C10H13NO2. The van der Waals surface area contributed by atoms with Crippen LogP contribution in [0, 0.1) is 20.8 Å². The first-order chi connectivity index (χ1) is 6.06. The van der Waals surface area contributed by atoms with Crippen LogP contribution in [0.5, 0.6) is 0 Å². The first-order valence-corrected chi connectivity index (χ1v) is 4.08. The van der Waals surface area contributed by atoms with Crippen LogP contribution in [-0.4, -0.2) is 11.1 Å². The van der Waals surface area contributed by atoms with Crippen molar-refractivity contribution in [3.8, 4) is 0 Å². The van der Waals surface area contributed by atoms with Crippen molar-refractivity contribution in [1.29, 1.82) is 0 Å². The maximum atomic E-state index is 11.2. The molecule has 0 aliphatic rings. The molecule has 13 heavy (non-hydrogen) atoms. The van der Waals surface area contributed by atoms with Gasteiger partial charge in [0.25, 0.3) is 5.91 Å². The average Bonchev–Trinajstić information content (AvgIpc) is 2.02. The Labute approximate surface area is 77.4 Å². The van der Waals surface area contributed by atoms with Gasteiger partial charge in [-0.15, -0.1) is 0 Å². The van der Waals surface area contributed by atoms with E-state index in [2.05, 4.69) is 0 Å². The van der Waals surface area contributed by atoms with E-state index in [1.54, 1.807) is 5.48 Å². The highest BCUT2D eigenvalue weighted by Crippen LogP contribution is 2.15. The predicted molar refractivity (Wildman–Crippen MR) is 49.9 cm³/mol. The Kier molecular flexibility index (Phi) is 2.68. The van der Waals surface area contributed by atoms with Gasteiger partial charge in [0, 0.05) is 5.56 Å². The third kappa shape index (κ3) is 1.87. The van der Waals surface area contributed by atoms with E-state index >= 15 is 0 Å². The van der Waals surface area contributed by atoms with Gasteiger partial charge in [-0.1, -0.05) is 17.7 Å². The highest BCUT2D eigenvalue weighted by molar-refractivity contribution is 5.96. The van der Waals surface area contributed by atoms with Gasteiger partial charge in [0.15, 0.2) is 0 Å². The molecule has 0 unspecified atom stereocenters. The molecule has 1 aromatic carbocycles. The summed E-state index contributed by atoms with van der Waals surface area (Å²) < 4.78 is 0.